The van der Waals surface area contributed by atoms with Crippen LogP contribution in [-0.2, 0) is 0 Å². The molecule has 0 N–H and O–H groups in total. The van der Waals surface area contributed by atoms with E-state index < -0.39 is 0 Å². The molecular formula is C32H38IN. The van der Waals surface area contributed by atoms with Gasteiger partial charge in [0.15, 0.2) is 0 Å². The van der Waals surface area contributed by atoms with Gasteiger partial charge in [0.05, 0.1) is 6.04 Å². The average Bonchev–Trinajstić information content (AvgIpc) is 3.20. The molecule has 0 spiro atoms. The Kier molecular flexibility index (Phi) is 5.48. The lowest BCUT2D eigenvalue weighted by atomic mass is 9.71. The number of likely N-dealkylation sites (N-methyl/N-ethyl adjacent to an activating group) is 1. The van der Waals surface area contributed by atoms with Gasteiger partial charge >= 0.3 is 0 Å². The van der Waals surface area contributed by atoms with Crippen molar-refractivity contribution in [1.82, 2.24) is 4.90 Å². The van der Waals surface area contributed by atoms with Crippen LogP contribution >= 0.6 is 20.7 Å². The van der Waals surface area contributed by atoms with Gasteiger partial charge in [0.25, 0.3) is 0 Å². The van der Waals surface area contributed by atoms with Gasteiger partial charge in [-0.3, -0.25) is 0 Å². The van der Waals surface area contributed by atoms with Crippen molar-refractivity contribution in [3.63, 3.8) is 0 Å². The number of alkyl halides is 1. The molecule has 0 amide bonds. The highest BCUT2D eigenvalue weighted by atomic mass is 127. The zero-order valence-corrected chi connectivity index (χ0v) is 23.6. The first-order valence-electron chi connectivity index (χ1n) is 13.1. The molecule has 34 heavy (non-hydrogen) atoms. The zero-order chi connectivity index (χ0) is 23.7. The summed E-state index contributed by atoms with van der Waals surface area (Å²) in [6, 6.07) is 0.512. The van der Waals surface area contributed by atoms with E-state index in [4.69, 9.17) is 0 Å². The van der Waals surface area contributed by atoms with Gasteiger partial charge in [0, 0.05) is 27.5 Å². The lowest BCUT2D eigenvalue weighted by Crippen LogP contribution is -2.27. The van der Waals surface area contributed by atoms with E-state index in [-0.39, 0.29) is 31.6 Å². The molecule has 178 valence electrons. The Bertz CT molecular complexity index is 1220. The van der Waals surface area contributed by atoms with Crippen LogP contribution < -0.4 is 0 Å². The van der Waals surface area contributed by atoms with E-state index >= 15 is 0 Å². The van der Waals surface area contributed by atoms with Crippen molar-refractivity contribution in [2.24, 2.45) is 10.8 Å². The molecule has 0 aromatic carbocycles. The third kappa shape index (κ3) is 3.34. The molecule has 4 aliphatic carbocycles. The van der Waals surface area contributed by atoms with Crippen LogP contribution in [0.25, 0.3) is 0 Å². The van der Waals surface area contributed by atoms with E-state index in [1.54, 1.807) is 25.8 Å². The summed E-state index contributed by atoms with van der Waals surface area (Å²) in [7, 11) is 2.31. The number of halogens is 1. The average molecular weight is 564 g/mol. The van der Waals surface area contributed by atoms with E-state index in [1.165, 1.54) is 48.9 Å². The molecular weight excluding hydrogens is 525 g/mol. The monoisotopic (exact) mass is 563 g/mol. The molecule has 6 aliphatic rings. The van der Waals surface area contributed by atoms with Gasteiger partial charge < -0.3 is 4.90 Å². The Hall–Kier alpha value is -1.68. The molecule has 2 heterocycles. The Morgan fingerprint density at radius 1 is 0.941 bits per heavy atom. The maximum atomic E-state index is 2.57. The molecule has 1 saturated heterocycles. The van der Waals surface area contributed by atoms with E-state index in [0.29, 0.717) is 6.04 Å². The number of likely N-dealkylation sites (tertiary alicyclic amines) is 1. The summed E-state index contributed by atoms with van der Waals surface area (Å²) in [5.41, 5.74) is 11.5. The highest BCUT2D eigenvalue weighted by molar-refractivity contribution is 14.2. The van der Waals surface area contributed by atoms with Crippen molar-refractivity contribution in [2.75, 3.05) is 7.05 Å². The number of allylic oxidation sites excluding steroid dienone is 14. The van der Waals surface area contributed by atoms with Crippen molar-refractivity contribution < 1.29 is 0 Å². The van der Waals surface area contributed by atoms with E-state index in [1.807, 2.05) is 0 Å². The Morgan fingerprint density at radius 2 is 1.74 bits per heavy atom. The summed E-state index contributed by atoms with van der Waals surface area (Å²) >= 11 is 0.0383. The summed E-state index contributed by atoms with van der Waals surface area (Å²) in [6.45, 7) is 9.89. The van der Waals surface area contributed by atoms with Gasteiger partial charge in [0.1, 0.15) is 0 Å². The molecule has 0 aromatic heterocycles. The summed E-state index contributed by atoms with van der Waals surface area (Å²) in [6.07, 6.45) is 29.2. The van der Waals surface area contributed by atoms with Crippen molar-refractivity contribution in [1.29, 1.82) is 0 Å². The quantitative estimate of drug-likeness (QED) is 0.242. The van der Waals surface area contributed by atoms with Gasteiger partial charge in [0.2, 0.25) is 0 Å². The molecule has 2 heteroatoms. The Morgan fingerprint density at radius 3 is 2.59 bits per heavy atom. The van der Waals surface area contributed by atoms with Crippen LogP contribution in [0.5, 0.6) is 0 Å². The van der Waals surface area contributed by atoms with E-state index in [2.05, 4.69) is 94.3 Å². The maximum absolute atomic E-state index is 2.57. The summed E-state index contributed by atoms with van der Waals surface area (Å²) in [4.78, 5) is 2.57. The fourth-order valence-electron chi connectivity index (χ4n) is 7.33. The van der Waals surface area contributed by atoms with Gasteiger partial charge in [-0.1, -0.05) is 76.3 Å². The smallest absolute Gasteiger partial charge is 0.0549 e. The van der Waals surface area contributed by atoms with Gasteiger partial charge in [-0.2, -0.15) is 0 Å². The third-order valence-corrected chi connectivity index (χ3v) is 13.3. The summed E-state index contributed by atoms with van der Waals surface area (Å²) in [5.74, 6) is 0. The predicted octanol–water partition coefficient (Wildman–Crippen LogP) is 8.27. The second-order valence-corrected chi connectivity index (χ2v) is 15.0. The summed E-state index contributed by atoms with van der Waals surface area (Å²) < 4.78 is 2.53. The van der Waals surface area contributed by atoms with Crippen LogP contribution in [-0.4, -0.2) is 25.4 Å². The van der Waals surface area contributed by atoms with Crippen LogP contribution in [0.4, 0.5) is 0 Å². The number of rotatable bonds is 2. The molecule has 6 rings (SSSR count). The first-order chi connectivity index (χ1) is 16.3. The van der Waals surface area contributed by atoms with Crippen LogP contribution in [0.15, 0.2) is 93.8 Å². The SMILES string of the molecule is CN1/C(=C/C=C/C2=IC3CC=C4C=CCCC4=C3C2(C)C)C(C)(C)C2=C3C=CCCC3=CCC21. The normalized spacial score (nSPS) is 32.2. The van der Waals surface area contributed by atoms with Crippen LogP contribution in [0.2, 0.25) is 0 Å². The Balaban J connectivity index is 1.32. The van der Waals surface area contributed by atoms with Crippen LogP contribution in [0.1, 0.15) is 66.2 Å². The molecule has 0 aromatic rings. The minimum Gasteiger partial charge on any atom is -0.370 e. The maximum Gasteiger partial charge on any atom is 0.0549 e. The highest BCUT2D eigenvalue weighted by Crippen LogP contribution is 2.54. The molecule has 2 aliphatic heterocycles. The highest BCUT2D eigenvalue weighted by Gasteiger charge is 2.47. The van der Waals surface area contributed by atoms with Crippen molar-refractivity contribution in [3.05, 3.63) is 93.8 Å². The summed E-state index contributed by atoms with van der Waals surface area (Å²) in [5, 5.41) is 0. The number of hydrogen-bond acceptors (Lipinski definition) is 1. The van der Waals surface area contributed by atoms with Gasteiger partial charge in [-0.15, -0.1) is 20.7 Å². The predicted molar refractivity (Wildman–Crippen MR) is 155 cm³/mol. The van der Waals surface area contributed by atoms with E-state index in [0.717, 1.165) is 10.3 Å². The largest absolute Gasteiger partial charge is 0.370 e. The number of nitrogens with zero attached hydrogens (tertiary/aromatic N) is 1. The van der Waals surface area contributed by atoms with E-state index in [9.17, 15) is 0 Å². The minimum absolute atomic E-state index is 0.0383. The van der Waals surface area contributed by atoms with Crippen molar-refractivity contribution in [3.8, 4) is 0 Å². The van der Waals surface area contributed by atoms with Crippen molar-refractivity contribution in [2.45, 2.75) is 76.2 Å². The first-order valence-corrected chi connectivity index (χ1v) is 15.5. The van der Waals surface area contributed by atoms with Crippen LogP contribution in [0, 0.1) is 10.8 Å². The molecule has 0 bridgehead atoms. The molecule has 0 radical (unpaired) electrons. The fraction of sp³-hybridized carbons (Fsp3) is 0.469. The lowest BCUT2D eigenvalue weighted by molar-refractivity contribution is 0.369. The second kappa shape index (κ2) is 8.18. The second-order valence-electron chi connectivity index (χ2n) is 11.7. The first kappa shape index (κ1) is 22.8. The molecule has 1 fully saturated rings. The standard InChI is InChI=1S/C32H38IN/c1-31(2)27(33-25-19-17-21-11-6-8-13-23(21)29(25)31)15-10-16-28-32(3,4)30-24-14-9-7-12-22(24)18-20-26(30)34(28)5/h6,9-11,14-18,25-26H,7-8,12-13,19-20H2,1-5H3/b15-10+,28-16+. The third-order valence-electron chi connectivity index (χ3n) is 8.99. The zero-order valence-electron chi connectivity index (χ0n) is 21.4. The van der Waals surface area contributed by atoms with Gasteiger partial charge in [-0.05, 0) is 81.5 Å². The number of hydrogen-bond donors (Lipinski definition) is 0. The Labute approximate surface area is 216 Å². The minimum atomic E-state index is 0.0383. The molecule has 2 atom stereocenters. The fourth-order valence-corrected chi connectivity index (χ4v) is 11.6. The van der Waals surface area contributed by atoms with Crippen LogP contribution in [0.3, 0.4) is 0 Å². The lowest BCUT2D eigenvalue weighted by Gasteiger charge is -2.33. The molecule has 1 nitrogen and oxygen atoms in total. The number of fused-ring (bicyclic) bond motifs is 4. The molecule has 2 unspecified atom stereocenters. The van der Waals surface area contributed by atoms with Gasteiger partial charge in [-0.25, -0.2) is 0 Å². The molecule has 0 saturated carbocycles. The topological polar surface area (TPSA) is 3.24 Å². The van der Waals surface area contributed by atoms with Crippen molar-refractivity contribution >= 4 is 24.2 Å².